The lowest BCUT2D eigenvalue weighted by Gasteiger charge is -2.44. The number of hydrogen-bond acceptors (Lipinski definition) is 4. The normalized spacial score (nSPS) is 27.9. The zero-order valence-electron chi connectivity index (χ0n) is 8.53. The van der Waals surface area contributed by atoms with Crippen LogP contribution in [0.1, 0.15) is 0 Å². The van der Waals surface area contributed by atoms with Gasteiger partial charge < -0.3 is 9.47 Å². The van der Waals surface area contributed by atoms with E-state index in [4.69, 9.17) is 9.47 Å². The van der Waals surface area contributed by atoms with Crippen LogP contribution < -0.4 is 0 Å². The van der Waals surface area contributed by atoms with Gasteiger partial charge in [-0.15, -0.1) is 7.77 Å². The summed E-state index contributed by atoms with van der Waals surface area (Å²) in [5, 5.41) is 0. The Hall–Kier alpha value is 0.0500. The summed E-state index contributed by atoms with van der Waals surface area (Å²) in [6.07, 6.45) is 0. The highest BCUT2D eigenvalue weighted by Gasteiger charge is 2.39. The van der Waals surface area contributed by atoms with Gasteiger partial charge in [0, 0.05) is 26.2 Å². The zero-order valence-corrected chi connectivity index (χ0v) is 9.35. The maximum atomic E-state index is 14.0. The molecule has 15 heavy (non-hydrogen) atoms. The van der Waals surface area contributed by atoms with Gasteiger partial charge in [-0.2, -0.15) is 0 Å². The Morgan fingerprint density at radius 2 is 1.07 bits per heavy atom. The van der Waals surface area contributed by atoms with Crippen molar-refractivity contribution in [1.82, 2.24) is 8.61 Å². The number of nitrogens with zero attached hydrogens (tertiary/aromatic N) is 2. The van der Waals surface area contributed by atoms with E-state index < -0.39 is 11.2 Å². The first-order chi connectivity index (χ1) is 7.21. The maximum absolute atomic E-state index is 14.0. The summed E-state index contributed by atoms with van der Waals surface area (Å²) < 4.78 is 40.7. The number of morpholine rings is 2. The SMILES string of the molecule is FS(F)(N1CCOCC1)N1CCOCC1. The van der Waals surface area contributed by atoms with E-state index in [1.54, 1.807) is 0 Å². The van der Waals surface area contributed by atoms with Crippen LogP contribution in [0, 0.1) is 0 Å². The largest absolute Gasteiger partial charge is 0.379 e. The Bertz CT molecular complexity index is 189. The van der Waals surface area contributed by atoms with E-state index >= 15 is 0 Å². The third-order valence-corrected chi connectivity index (χ3v) is 4.53. The van der Waals surface area contributed by atoms with Gasteiger partial charge >= 0.3 is 0 Å². The summed E-state index contributed by atoms with van der Waals surface area (Å²) in [4.78, 5) is 0. The van der Waals surface area contributed by atoms with E-state index in [2.05, 4.69) is 0 Å². The van der Waals surface area contributed by atoms with Crippen LogP contribution >= 0.6 is 11.2 Å². The average molecular weight is 242 g/mol. The van der Waals surface area contributed by atoms with Crippen molar-refractivity contribution >= 4 is 11.2 Å². The van der Waals surface area contributed by atoms with Gasteiger partial charge in [0.05, 0.1) is 26.4 Å². The number of halogens is 2. The Morgan fingerprint density at radius 1 is 0.733 bits per heavy atom. The minimum atomic E-state index is -3.78. The lowest BCUT2D eigenvalue weighted by Crippen LogP contribution is -2.45. The number of hydrogen-bond donors (Lipinski definition) is 0. The van der Waals surface area contributed by atoms with Crippen molar-refractivity contribution in [3.63, 3.8) is 0 Å². The van der Waals surface area contributed by atoms with Crippen molar-refractivity contribution in [3.8, 4) is 0 Å². The van der Waals surface area contributed by atoms with Crippen LogP contribution in [0.2, 0.25) is 0 Å². The van der Waals surface area contributed by atoms with Crippen LogP contribution in [0.15, 0.2) is 0 Å². The number of rotatable bonds is 2. The second kappa shape index (κ2) is 4.92. The van der Waals surface area contributed by atoms with Gasteiger partial charge in [-0.3, -0.25) is 0 Å². The highest BCUT2D eigenvalue weighted by molar-refractivity contribution is 8.21. The van der Waals surface area contributed by atoms with E-state index in [0.29, 0.717) is 52.6 Å². The Labute approximate surface area is 90.3 Å². The van der Waals surface area contributed by atoms with E-state index in [9.17, 15) is 7.77 Å². The smallest absolute Gasteiger partial charge is 0.185 e. The molecule has 0 atom stereocenters. The molecule has 4 nitrogen and oxygen atoms in total. The molecule has 0 saturated carbocycles. The van der Waals surface area contributed by atoms with Crippen molar-refractivity contribution < 1.29 is 17.2 Å². The summed E-state index contributed by atoms with van der Waals surface area (Å²) in [6.45, 7) is 2.97. The predicted octanol–water partition coefficient (Wildman–Crippen LogP) is 1.05. The molecule has 0 spiro atoms. The molecule has 0 aromatic heterocycles. The second-order valence-corrected chi connectivity index (χ2v) is 5.36. The fourth-order valence-electron chi connectivity index (χ4n) is 1.70. The molecular formula is C8H16F2N2O2S. The molecule has 2 fully saturated rings. The molecule has 2 saturated heterocycles. The molecule has 2 aliphatic rings. The molecule has 2 aliphatic heterocycles. The maximum Gasteiger partial charge on any atom is 0.185 e. The fourth-order valence-corrected chi connectivity index (χ4v) is 3.20. The van der Waals surface area contributed by atoms with Gasteiger partial charge in [0.2, 0.25) is 0 Å². The lowest BCUT2D eigenvalue weighted by atomic mass is 10.5. The summed E-state index contributed by atoms with van der Waals surface area (Å²) in [7, 11) is 0. The molecule has 0 unspecified atom stereocenters. The third kappa shape index (κ3) is 2.59. The van der Waals surface area contributed by atoms with E-state index in [1.165, 1.54) is 8.61 Å². The van der Waals surface area contributed by atoms with Gasteiger partial charge in [0.25, 0.3) is 0 Å². The first-order valence-corrected chi connectivity index (χ1v) is 6.44. The van der Waals surface area contributed by atoms with Gasteiger partial charge in [-0.05, 0) is 0 Å². The molecule has 2 rings (SSSR count). The van der Waals surface area contributed by atoms with Crippen LogP contribution in [0.4, 0.5) is 7.77 Å². The molecule has 0 bridgehead atoms. The van der Waals surface area contributed by atoms with Crippen molar-refractivity contribution in [3.05, 3.63) is 0 Å². The Balaban J connectivity index is 1.96. The average Bonchev–Trinajstić information content (AvgIpc) is 2.31. The molecule has 2 heterocycles. The molecule has 0 radical (unpaired) electrons. The topological polar surface area (TPSA) is 24.9 Å². The van der Waals surface area contributed by atoms with Crippen LogP contribution in [-0.4, -0.2) is 61.2 Å². The summed E-state index contributed by atoms with van der Waals surface area (Å²) in [5.74, 6) is 0. The van der Waals surface area contributed by atoms with Crippen LogP contribution in [0.3, 0.4) is 0 Å². The lowest BCUT2D eigenvalue weighted by molar-refractivity contribution is 0.0525. The van der Waals surface area contributed by atoms with Crippen LogP contribution in [0.5, 0.6) is 0 Å². The highest BCUT2D eigenvalue weighted by atomic mass is 32.3. The standard InChI is InChI=1S/C8H16F2N2O2S/c9-15(10,11-1-5-13-6-2-11)12-3-7-14-8-4-12/h1-8H2. The minimum absolute atomic E-state index is 0.333. The van der Waals surface area contributed by atoms with Crippen molar-refractivity contribution in [1.29, 1.82) is 0 Å². The molecule has 0 aliphatic carbocycles. The second-order valence-electron chi connectivity index (χ2n) is 3.50. The molecule has 0 aromatic carbocycles. The molecule has 0 amide bonds. The highest BCUT2D eigenvalue weighted by Crippen LogP contribution is 2.58. The van der Waals surface area contributed by atoms with E-state index in [1.807, 2.05) is 0 Å². The van der Waals surface area contributed by atoms with Crippen LogP contribution in [0.25, 0.3) is 0 Å². The van der Waals surface area contributed by atoms with E-state index in [0.717, 1.165) is 0 Å². The zero-order chi connectivity index (χ0) is 10.7. The summed E-state index contributed by atoms with van der Waals surface area (Å²) in [5.41, 5.74) is 0. The fraction of sp³-hybridized carbons (Fsp3) is 1.00. The first-order valence-electron chi connectivity index (χ1n) is 5.09. The third-order valence-electron chi connectivity index (χ3n) is 2.56. The van der Waals surface area contributed by atoms with Crippen molar-refractivity contribution in [2.75, 3.05) is 52.6 Å². The number of ether oxygens (including phenoxy) is 2. The van der Waals surface area contributed by atoms with Gasteiger partial charge in [0.1, 0.15) is 0 Å². The van der Waals surface area contributed by atoms with Gasteiger partial charge in [-0.25, -0.2) is 8.61 Å². The van der Waals surface area contributed by atoms with Gasteiger partial charge in [-0.1, -0.05) is 0 Å². The summed E-state index contributed by atoms with van der Waals surface area (Å²) >= 11 is -3.78. The Kier molecular flexibility index (Phi) is 3.78. The first kappa shape index (κ1) is 11.5. The van der Waals surface area contributed by atoms with Crippen molar-refractivity contribution in [2.24, 2.45) is 0 Å². The molecule has 7 heteroatoms. The minimum Gasteiger partial charge on any atom is -0.379 e. The molecule has 0 N–H and O–H groups in total. The molecule has 0 aromatic rings. The quantitative estimate of drug-likeness (QED) is 0.723. The van der Waals surface area contributed by atoms with E-state index in [-0.39, 0.29) is 0 Å². The van der Waals surface area contributed by atoms with Gasteiger partial charge in [0.15, 0.2) is 11.2 Å². The van der Waals surface area contributed by atoms with Crippen molar-refractivity contribution in [2.45, 2.75) is 0 Å². The molecular weight excluding hydrogens is 226 g/mol. The summed E-state index contributed by atoms with van der Waals surface area (Å²) in [6, 6.07) is 0. The van der Waals surface area contributed by atoms with Crippen LogP contribution in [-0.2, 0) is 9.47 Å². The monoisotopic (exact) mass is 242 g/mol. The molecule has 90 valence electrons. The predicted molar refractivity (Wildman–Crippen MR) is 54.6 cm³/mol. The Morgan fingerprint density at radius 3 is 1.40 bits per heavy atom.